The second-order valence-corrected chi connectivity index (χ2v) is 5.99. The summed E-state index contributed by atoms with van der Waals surface area (Å²) in [5.41, 5.74) is 6.69. The molecule has 0 atom stereocenters. The van der Waals surface area contributed by atoms with E-state index in [4.69, 9.17) is 5.73 Å². The van der Waals surface area contributed by atoms with Crippen LogP contribution < -0.4 is 5.73 Å². The molecule has 2 aromatic rings. The van der Waals surface area contributed by atoms with Gasteiger partial charge in [-0.3, -0.25) is 4.90 Å². The maximum absolute atomic E-state index is 10.7. The Hall–Kier alpha value is -1.67. The van der Waals surface area contributed by atoms with Gasteiger partial charge in [-0.1, -0.05) is 0 Å². The molecular formula is C12H17N5O2S. The van der Waals surface area contributed by atoms with E-state index in [1.165, 1.54) is 6.33 Å². The molecule has 0 unspecified atom stereocenters. The number of nitrogens with zero attached hydrogens (tertiary/aromatic N) is 4. The van der Waals surface area contributed by atoms with Gasteiger partial charge in [-0.25, -0.2) is 18.4 Å². The Morgan fingerprint density at radius 1 is 1.30 bits per heavy atom. The fraction of sp³-hybridized carbons (Fsp3) is 0.500. The molecule has 0 radical (unpaired) electrons. The van der Waals surface area contributed by atoms with Gasteiger partial charge in [0.15, 0.2) is 10.7 Å². The van der Waals surface area contributed by atoms with Crippen molar-refractivity contribution in [1.29, 1.82) is 0 Å². The molecule has 0 aliphatic carbocycles. The van der Waals surface area contributed by atoms with Gasteiger partial charge < -0.3 is 10.3 Å². The molecule has 1 aliphatic heterocycles. The quantitative estimate of drug-likeness (QED) is 0.787. The zero-order chi connectivity index (χ0) is 14.1. The highest BCUT2D eigenvalue weighted by molar-refractivity contribution is 7.72. The first kappa shape index (κ1) is 13.3. The second-order valence-electron chi connectivity index (χ2n) is 5.04. The van der Waals surface area contributed by atoms with Gasteiger partial charge in [-0.2, -0.15) is 0 Å². The summed E-state index contributed by atoms with van der Waals surface area (Å²) in [5, 5.41) is 0.873. The molecular weight excluding hydrogens is 278 g/mol. The van der Waals surface area contributed by atoms with Crippen LogP contribution in [-0.2, 0) is 10.7 Å². The van der Waals surface area contributed by atoms with Gasteiger partial charge in [0.25, 0.3) is 0 Å². The van der Waals surface area contributed by atoms with Gasteiger partial charge >= 0.3 is 0 Å². The molecule has 0 amide bonds. The van der Waals surface area contributed by atoms with Crippen LogP contribution in [0.4, 0.5) is 5.82 Å². The summed E-state index contributed by atoms with van der Waals surface area (Å²) in [6.45, 7) is 1.57. The molecule has 108 valence electrons. The lowest BCUT2D eigenvalue weighted by Gasteiger charge is -2.31. The molecule has 0 spiro atoms. The van der Waals surface area contributed by atoms with E-state index in [9.17, 15) is 8.42 Å². The van der Waals surface area contributed by atoms with E-state index in [1.807, 2.05) is 17.2 Å². The number of aromatic nitrogens is 3. The monoisotopic (exact) mass is 295 g/mol. The van der Waals surface area contributed by atoms with E-state index in [0.717, 1.165) is 37.0 Å². The van der Waals surface area contributed by atoms with Crippen LogP contribution in [0.1, 0.15) is 18.9 Å². The van der Waals surface area contributed by atoms with Crippen LogP contribution >= 0.6 is 0 Å². The topological polar surface area (TPSA) is 94.1 Å². The van der Waals surface area contributed by atoms with Gasteiger partial charge in [-0.05, 0) is 18.9 Å². The second kappa shape index (κ2) is 5.37. The largest absolute Gasteiger partial charge is 0.383 e. The lowest BCUT2D eigenvalue weighted by atomic mass is 10.1. The van der Waals surface area contributed by atoms with Crippen molar-refractivity contribution in [3.8, 4) is 0 Å². The number of hydrogen-bond acceptors (Lipinski definition) is 6. The molecule has 3 heterocycles. The van der Waals surface area contributed by atoms with Crippen molar-refractivity contribution in [2.75, 3.05) is 24.7 Å². The van der Waals surface area contributed by atoms with Crippen molar-refractivity contribution in [2.24, 2.45) is 0 Å². The van der Waals surface area contributed by atoms with E-state index < -0.39 is 10.7 Å². The maximum atomic E-state index is 10.7. The predicted octanol–water partition coefficient (Wildman–Crippen LogP) is 0.219. The van der Waals surface area contributed by atoms with Crippen LogP contribution in [0, 0.1) is 0 Å². The zero-order valence-corrected chi connectivity index (χ0v) is 11.9. The Bertz CT molecular complexity index is 680. The Morgan fingerprint density at radius 2 is 2.05 bits per heavy atom. The van der Waals surface area contributed by atoms with Gasteiger partial charge in [0.2, 0.25) is 0 Å². The number of hydrogen-bond donors (Lipinski definition) is 2. The highest BCUT2D eigenvalue weighted by Crippen LogP contribution is 2.27. The minimum atomic E-state index is -2.33. The van der Waals surface area contributed by atoms with Crippen LogP contribution in [0.5, 0.6) is 0 Å². The molecule has 8 heteroatoms. The highest BCUT2D eigenvalue weighted by Gasteiger charge is 2.22. The first-order chi connectivity index (χ1) is 9.65. The molecule has 0 bridgehead atoms. The number of rotatable bonds is 3. The summed E-state index contributed by atoms with van der Waals surface area (Å²) >= 11 is 0. The van der Waals surface area contributed by atoms with E-state index in [1.54, 1.807) is 0 Å². The van der Waals surface area contributed by atoms with Crippen molar-refractivity contribution in [3.63, 3.8) is 0 Å². The molecule has 0 aromatic carbocycles. The first-order valence-electron chi connectivity index (χ1n) is 6.56. The summed E-state index contributed by atoms with van der Waals surface area (Å²) < 4.78 is 23.6. The SMILES string of the molecule is Nc1ncnc2c1ccn2C1CCN(C[SH](=O)=O)CC1. The summed E-state index contributed by atoms with van der Waals surface area (Å²) in [6, 6.07) is 2.27. The van der Waals surface area contributed by atoms with E-state index in [-0.39, 0.29) is 5.88 Å². The average molecular weight is 295 g/mol. The Kier molecular flexibility index (Phi) is 3.58. The van der Waals surface area contributed by atoms with Gasteiger partial charge in [-0.15, -0.1) is 0 Å². The Balaban J connectivity index is 1.78. The molecule has 7 nitrogen and oxygen atoms in total. The molecule has 2 N–H and O–H groups in total. The van der Waals surface area contributed by atoms with Gasteiger partial charge in [0.1, 0.15) is 17.8 Å². The van der Waals surface area contributed by atoms with Crippen molar-refractivity contribution in [2.45, 2.75) is 18.9 Å². The van der Waals surface area contributed by atoms with E-state index >= 15 is 0 Å². The van der Waals surface area contributed by atoms with Crippen LogP contribution in [-0.4, -0.2) is 46.8 Å². The van der Waals surface area contributed by atoms with Gasteiger partial charge in [0, 0.05) is 25.3 Å². The molecule has 1 fully saturated rings. The third-order valence-corrected chi connectivity index (χ3v) is 4.44. The number of nitrogen functional groups attached to an aromatic ring is 1. The fourth-order valence-electron chi connectivity index (χ4n) is 2.79. The summed E-state index contributed by atoms with van der Waals surface area (Å²) in [6.07, 6.45) is 5.29. The molecule has 1 saturated heterocycles. The Labute approximate surface area is 118 Å². The smallest absolute Gasteiger partial charge is 0.153 e. The van der Waals surface area contributed by atoms with Crippen LogP contribution in [0.3, 0.4) is 0 Å². The van der Waals surface area contributed by atoms with Crippen LogP contribution in [0.25, 0.3) is 11.0 Å². The first-order valence-corrected chi connectivity index (χ1v) is 7.92. The number of likely N-dealkylation sites (tertiary alicyclic amines) is 1. The third kappa shape index (κ3) is 2.48. The third-order valence-electron chi connectivity index (χ3n) is 3.81. The minimum Gasteiger partial charge on any atom is -0.383 e. The van der Waals surface area contributed by atoms with Crippen LogP contribution in [0.2, 0.25) is 0 Å². The normalized spacial score (nSPS) is 18.1. The molecule has 0 saturated carbocycles. The van der Waals surface area contributed by atoms with E-state index in [0.29, 0.717) is 11.9 Å². The molecule has 3 rings (SSSR count). The Morgan fingerprint density at radius 3 is 2.75 bits per heavy atom. The lowest BCUT2D eigenvalue weighted by Crippen LogP contribution is -2.35. The van der Waals surface area contributed by atoms with Crippen molar-refractivity contribution in [3.05, 3.63) is 18.6 Å². The average Bonchev–Trinajstić information content (AvgIpc) is 2.84. The van der Waals surface area contributed by atoms with Crippen molar-refractivity contribution in [1.82, 2.24) is 19.4 Å². The standard InChI is InChI=1S/C12H17N5O2S/c13-11-10-3-6-17(12(10)15-7-14-11)9-1-4-16(5-2-9)8-20(18)19/h3,6-7,9,20H,1-2,4-5,8H2,(H2,13,14,15). The van der Waals surface area contributed by atoms with E-state index in [2.05, 4.69) is 14.5 Å². The summed E-state index contributed by atoms with van der Waals surface area (Å²) in [5.74, 6) is 0.651. The van der Waals surface area contributed by atoms with Crippen LogP contribution in [0.15, 0.2) is 18.6 Å². The molecule has 20 heavy (non-hydrogen) atoms. The zero-order valence-electron chi connectivity index (χ0n) is 11.0. The molecule has 1 aliphatic rings. The predicted molar refractivity (Wildman–Crippen MR) is 77.0 cm³/mol. The van der Waals surface area contributed by atoms with Gasteiger partial charge in [0.05, 0.1) is 11.3 Å². The minimum absolute atomic E-state index is 0.156. The fourth-order valence-corrected chi connectivity index (χ4v) is 3.40. The van der Waals surface area contributed by atoms with Crippen molar-refractivity contribution < 1.29 is 8.42 Å². The maximum Gasteiger partial charge on any atom is 0.153 e. The number of fused-ring (bicyclic) bond motifs is 1. The summed E-state index contributed by atoms with van der Waals surface area (Å²) in [7, 11) is -2.33. The number of anilines is 1. The van der Waals surface area contributed by atoms with Crippen molar-refractivity contribution >= 4 is 27.6 Å². The molecule has 2 aromatic heterocycles. The number of nitrogens with two attached hydrogens (primary N) is 1. The highest BCUT2D eigenvalue weighted by atomic mass is 32.2. The summed E-state index contributed by atoms with van der Waals surface area (Å²) in [4.78, 5) is 10.3. The lowest BCUT2D eigenvalue weighted by molar-refractivity contribution is 0.213. The number of thiol groups is 1. The number of piperidine rings is 1.